The molecule has 3 heterocycles. The maximum Gasteiger partial charge on any atom is 0.345 e. The minimum Gasteiger partial charge on any atom is -0.422 e. The Morgan fingerprint density at radius 1 is 1.21 bits per heavy atom. The molecule has 1 aliphatic heterocycles. The number of nitrogens with zero attached hydrogens (tertiary/aromatic N) is 1. The van der Waals surface area contributed by atoms with Crippen LogP contribution < -0.4 is 5.63 Å². The van der Waals surface area contributed by atoms with Crippen LogP contribution >= 0.6 is 11.3 Å². The molecule has 5 heteroatoms. The summed E-state index contributed by atoms with van der Waals surface area (Å²) < 4.78 is 6.25. The normalized spacial score (nSPS) is 16.2. The summed E-state index contributed by atoms with van der Waals surface area (Å²) in [5.74, 6) is 0.707. The quantitative estimate of drug-likeness (QED) is 0.624. The number of aryl methyl sites for hydroxylation is 1. The molecule has 0 aliphatic carbocycles. The first-order chi connectivity index (χ1) is 11.5. The van der Waals surface area contributed by atoms with E-state index in [2.05, 4.69) is 6.92 Å². The number of thiophene rings is 1. The first-order valence-corrected chi connectivity index (χ1v) is 9.11. The summed E-state index contributed by atoms with van der Waals surface area (Å²) in [6.07, 6.45) is 2.09. The third kappa shape index (κ3) is 2.53. The van der Waals surface area contributed by atoms with Crippen molar-refractivity contribution in [3.63, 3.8) is 0 Å². The molecular weight excluding hydrogens is 322 g/mol. The van der Waals surface area contributed by atoms with E-state index in [4.69, 9.17) is 4.42 Å². The largest absolute Gasteiger partial charge is 0.422 e. The molecule has 1 aromatic carbocycles. The summed E-state index contributed by atoms with van der Waals surface area (Å²) >= 11 is 1.40. The Labute approximate surface area is 143 Å². The van der Waals surface area contributed by atoms with Crippen molar-refractivity contribution in [3.8, 4) is 0 Å². The molecule has 0 N–H and O–H groups in total. The highest BCUT2D eigenvalue weighted by Crippen LogP contribution is 2.32. The van der Waals surface area contributed by atoms with Gasteiger partial charge in [-0.25, -0.2) is 4.79 Å². The lowest BCUT2D eigenvalue weighted by Crippen LogP contribution is -2.37. The SMILES string of the molecule is Cc1ccc2oc(=O)c3cc(C(=O)N4CCC(C)CC4)sc3c2c1. The van der Waals surface area contributed by atoms with Crippen molar-refractivity contribution in [1.82, 2.24) is 4.90 Å². The fourth-order valence-corrected chi connectivity index (χ4v) is 4.42. The van der Waals surface area contributed by atoms with E-state index in [1.54, 1.807) is 6.07 Å². The van der Waals surface area contributed by atoms with Crippen LogP contribution in [0.5, 0.6) is 0 Å². The van der Waals surface area contributed by atoms with Crippen LogP contribution in [0.3, 0.4) is 0 Å². The Kier molecular flexibility index (Phi) is 3.68. The number of likely N-dealkylation sites (tertiary alicyclic amines) is 1. The monoisotopic (exact) mass is 341 g/mol. The minimum atomic E-state index is -0.371. The Hall–Kier alpha value is -2.14. The van der Waals surface area contributed by atoms with Gasteiger partial charge in [-0.15, -0.1) is 11.3 Å². The van der Waals surface area contributed by atoms with Gasteiger partial charge in [-0.05, 0) is 43.9 Å². The van der Waals surface area contributed by atoms with Gasteiger partial charge < -0.3 is 9.32 Å². The zero-order valence-corrected chi connectivity index (χ0v) is 14.6. The fraction of sp³-hybridized carbons (Fsp3) is 0.368. The molecule has 1 aliphatic rings. The number of hydrogen-bond donors (Lipinski definition) is 0. The van der Waals surface area contributed by atoms with Crippen LogP contribution in [0, 0.1) is 12.8 Å². The summed E-state index contributed by atoms with van der Waals surface area (Å²) in [4.78, 5) is 27.6. The van der Waals surface area contributed by atoms with Crippen LogP contribution in [0.1, 0.15) is 35.0 Å². The van der Waals surface area contributed by atoms with Gasteiger partial charge in [-0.3, -0.25) is 4.79 Å². The number of carbonyl (C=O) groups excluding carboxylic acids is 1. The van der Waals surface area contributed by atoms with E-state index >= 15 is 0 Å². The van der Waals surface area contributed by atoms with E-state index in [0.29, 0.717) is 21.8 Å². The molecule has 0 bridgehead atoms. The summed E-state index contributed by atoms with van der Waals surface area (Å²) in [5, 5.41) is 1.41. The molecule has 0 saturated carbocycles. The van der Waals surface area contributed by atoms with Gasteiger partial charge >= 0.3 is 5.63 Å². The van der Waals surface area contributed by atoms with Gasteiger partial charge in [-0.2, -0.15) is 0 Å². The molecule has 4 nitrogen and oxygen atoms in total. The van der Waals surface area contributed by atoms with Gasteiger partial charge in [0.2, 0.25) is 0 Å². The molecule has 0 atom stereocenters. The average Bonchev–Trinajstić information content (AvgIpc) is 3.02. The molecular formula is C19H19NO3S. The summed E-state index contributed by atoms with van der Waals surface area (Å²) in [6.45, 7) is 5.82. The standard InChI is InChI=1S/C19H19NO3S/c1-11-5-7-20(8-6-11)18(21)16-10-14-17(24-16)13-9-12(2)3-4-15(13)23-19(14)22/h3-4,9-11H,5-8H2,1-2H3. The number of piperidine rings is 1. The van der Waals surface area contributed by atoms with Gasteiger partial charge in [0.05, 0.1) is 15.0 Å². The van der Waals surface area contributed by atoms with E-state index in [1.807, 2.05) is 30.0 Å². The lowest BCUT2D eigenvalue weighted by Gasteiger charge is -2.29. The zero-order valence-electron chi connectivity index (χ0n) is 13.8. The van der Waals surface area contributed by atoms with Crippen molar-refractivity contribution in [2.45, 2.75) is 26.7 Å². The predicted molar refractivity (Wildman–Crippen MR) is 96.9 cm³/mol. The Bertz CT molecular complexity index is 993. The van der Waals surface area contributed by atoms with Crippen molar-refractivity contribution in [1.29, 1.82) is 0 Å². The smallest absolute Gasteiger partial charge is 0.345 e. The molecule has 0 spiro atoms. The highest BCUT2D eigenvalue weighted by Gasteiger charge is 2.24. The van der Waals surface area contributed by atoms with Crippen molar-refractivity contribution in [2.75, 3.05) is 13.1 Å². The highest BCUT2D eigenvalue weighted by atomic mass is 32.1. The predicted octanol–water partition coefficient (Wildman–Crippen LogP) is 4.19. The topological polar surface area (TPSA) is 50.5 Å². The van der Waals surface area contributed by atoms with Crippen LogP contribution in [0.15, 0.2) is 33.5 Å². The van der Waals surface area contributed by atoms with Crippen LogP contribution in [-0.2, 0) is 0 Å². The van der Waals surface area contributed by atoms with Crippen LogP contribution in [-0.4, -0.2) is 23.9 Å². The summed E-state index contributed by atoms with van der Waals surface area (Å²) in [6, 6.07) is 7.45. The lowest BCUT2D eigenvalue weighted by atomic mass is 9.99. The van der Waals surface area contributed by atoms with Crippen LogP contribution in [0.25, 0.3) is 21.1 Å². The molecule has 1 saturated heterocycles. The molecule has 0 unspecified atom stereocenters. The Morgan fingerprint density at radius 3 is 2.71 bits per heavy atom. The highest BCUT2D eigenvalue weighted by molar-refractivity contribution is 7.21. The van der Waals surface area contributed by atoms with E-state index in [0.717, 1.165) is 41.6 Å². The number of fused-ring (bicyclic) bond motifs is 3. The first kappa shape index (κ1) is 15.4. The molecule has 4 rings (SSSR count). The van der Waals surface area contributed by atoms with Gasteiger partial charge in [-0.1, -0.05) is 18.6 Å². The molecule has 2 aromatic heterocycles. The van der Waals surface area contributed by atoms with Gasteiger partial charge in [0, 0.05) is 18.5 Å². The lowest BCUT2D eigenvalue weighted by molar-refractivity contribution is 0.0702. The molecule has 3 aromatic rings. The van der Waals surface area contributed by atoms with Gasteiger partial charge in [0.15, 0.2) is 0 Å². The second-order valence-corrected chi connectivity index (χ2v) is 7.77. The number of amides is 1. The maximum absolute atomic E-state index is 12.8. The number of hydrogen-bond acceptors (Lipinski definition) is 4. The number of carbonyl (C=O) groups is 1. The maximum atomic E-state index is 12.8. The van der Waals surface area contributed by atoms with Gasteiger partial charge in [0.1, 0.15) is 5.58 Å². The van der Waals surface area contributed by atoms with Crippen LogP contribution in [0.2, 0.25) is 0 Å². The summed E-state index contributed by atoms with van der Waals surface area (Å²) in [7, 11) is 0. The van der Waals surface area contributed by atoms with Crippen LogP contribution in [0.4, 0.5) is 0 Å². The van der Waals surface area contributed by atoms with E-state index in [1.165, 1.54) is 11.3 Å². The molecule has 1 amide bonds. The van der Waals surface area contributed by atoms with Crippen molar-refractivity contribution in [2.24, 2.45) is 5.92 Å². The number of rotatable bonds is 1. The second kappa shape index (κ2) is 5.74. The van der Waals surface area contributed by atoms with Crippen molar-refractivity contribution in [3.05, 3.63) is 45.1 Å². The third-order valence-electron chi connectivity index (χ3n) is 4.82. The van der Waals surface area contributed by atoms with Crippen molar-refractivity contribution >= 4 is 38.3 Å². The zero-order chi connectivity index (χ0) is 16.8. The third-order valence-corrected chi connectivity index (χ3v) is 5.97. The van der Waals surface area contributed by atoms with Gasteiger partial charge in [0.25, 0.3) is 5.91 Å². The molecule has 124 valence electrons. The Morgan fingerprint density at radius 2 is 1.96 bits per heavy atom. The van der Waals surface area contributed by atoms with E-state index in [9.17, 15) is 9.59 Å². The Balaban J connectivity index is 1.81. The second-order valence-electron chi connectivity index (χ2n) is 6.72. The first-order valence-electron chi connectivity index (χ1n) is 8.29. The molecule has 1 fully saturated rings. The van der Waals surface area contributed by atoms with E-state index < -0.39 is 0 Å². The van der Waals surface area contributed by atoms with E-state index in [-0.39, 0.29) is 11.5 Å². The van der Waals surface area contributed by atoms with Crippen molar-refractivity contribution < 1.29 is 9.21 Å². The number of benzene rings is 1. The minimum absolute atomic E-state index is 0.0308. The fourth-order valence-electron chi connectivity index (χ4n) is 3.28. The summed E-state index contributed by atoms with van der Waals surface area (Å²) in [5.41, 5.74) is 1.30. The molecule has 24 heavy (non-hydrogen) atoms. The average molecular weight is 341 g/mol. The molecule has 0 radical (unpaired) electrons.